The number of rotatable bonds is 20. The van der Waals surface area contributed by atoms with Crippen molar-refractivity contribution in [2.45, 2.75) is 84.1 Å². The lowest BCUT2D eigenvalue weighted by atomic mass is 9.85. The predicted octanol–water partition coefficient (Wildman–Crippen LogP) is -1.07. The molecular weight excluding hydrogens is 666 g/mol. The summed E-state index contributed by atoms with van der Waals surface area (Å²) in [5.41, 5.74) is 34.3. The smallest absolute Gasteiger partial charge is 0.243 e. The van der Waals surface area contributed by atoms with E-state index in [1.165, 1.54) is 0 Å². The molecule has 0 aliphatic carbocycles. The molecule has 0 aliphatic rings. The standard InChI is InChI=1S/C35H55N13O4/c1-35(2,3)28(31(52)47-25(11-7-17-42-32(36)37)29(50)44-20-23-9-5-4-6-10-23)48-30(51)26(12-8-18-43-33(38)39)46-27(49)19-22-13-15-24(16-14-22)21-45-34(40)41/h4-6,9-10,13-16,25-26,28H,7-8,11-12,17-21H2,1-3H3,(H,44,50)(H,46,49)(H,47,52)(H,48,51)(H4,36,37,42)(H4,38,39,43)(H4,40,41,45)/t25-,26-,28+/m0/s1. The molecule has 16 N–H and O–H groups in total. The zero-order chi connectivity index (χ0) is 38.7. The van der Waals surface area contributed by atoms with Crippen molar-refractivity contribution in [3.63, 3.8) is 0 Å². The minimum absolute atomic E-state index is 0.0108. The number of nitrogens with zero attached hydrogens (tertiary/aromatic N) is 3. The SMILES string of the molecule is CC(C)(C)[C@H](NC(=O)[C@H](CCCN=C(N)N)NC(=O)Cc1ccc(CN=C(N)N)cc1)C(=O)N[C@@H](CCCN=C(N)N)C(=O)NCc1ccccc1. The number of hydrogen-bond donors (Lipinski definition) is 10. The first-order valence-electron chi connectivity index (χ1n) is 17.0. The van der Waals surface area contributed by atoms with Crippen LogP contribution in [0.2, 0.25) is 0 Å². The summed E-state index contributed by atoms with van der Waals surface area (Å²) in [6, 6.07) is 13.4. The minimum Gasteiger partial charge on any atom is -0.370 e. The average Bonchev–Trinajstić information content (AvgIpc) is 3.07. The Hall–Kier alpha value is -5.87. The molecule has 0 fully saturated rings. The highest BCUT2D eigenvalue weighted by Gasteiger charge is 2.36. The summed E-state index contributed by atoms with van der Waals surface area (Å²) in [6.45, 7) is 6.37. The summed E-state index contributed by atoms with van der Waals surface area (Å²) in [5, 5.41) is 11.3. The number of benzene rings is 2. The molecule has 3 atom stereocenters. The van der Waals surface area contributed by atoms with Crippen LogP contribution in [0.3, 0.4) is 0 Å². The highest BCUT2D eigenvalue weighted by molar-refractivity contribution is 5.95. The second-order valence-corrected chi connectivity index (χ2v) is 13.3. The third-order valence-electron chi connectivity index (χ3n) is 7.73. The van der Waals surface area contributed by atoms with Crippen molar-refractivity contribution in [2.24, 2.45) is 54.8 Å². The van der Waals surface area contributed by atoms with Crippen LogP contribution in [0.15, 0.2) is 69.6 Å². The number of carbonyl (C=O) groups is 4. The summed E-state index contributed by atoms with van der Waals surface area (Å²) < 4.78 is 0. The van der Waals surface area contributed by atoms with Crippen LogP contribution in [0.1, 0.15) is 63.1 Å². The van der Waals surface area contributed by atoms with E-state index in [1.54, 1.807) is 45.0 Å². The van der Waals surface area contributed by atoms with E-state index in [0.29, 0.717) is 24.9 Å². The summed E-state index contributed by atoms with van der Waals surface area (Å²) in [4.78, 5) is 66.1. The molecule has 4 amide bonds. The molecule has 2 aromatic carbocycles. The predicted molar refractivity (Wildman–Crippen MR) is 203 cm³/mol. The fourth-order valence-corrected chi connectivity index (χ4v) is 5.00. The van der Waals surface area contributed by atoms with Crippen molar-refractivity contribution in [2.75, 3.05) is 13.1 Å². The second-order valence-electron chi connectivity index (χ2n) is 13.3. The number of nitrogens with two attached hydrogens (primary N) is 6. The molecule has 0 aliphatic heterocycles. The van der Waals surface area contributed by atoms with Crippen LogP contribution >= 0.6 is 0 Å². The van der Waals surface area contributed by atoms with E-state index in [1.807, 2.05) is 30.3 Å². The Kier molecular flexibility index (Phi) is 17.4. The third-order valence-corrected chi connectivity index (χ3v) is 7.73. The summed E-state index contributed by atoms with van der Waals surface area (Å²) in [5.74, 6) is -2.18. The van der Waals surface area contributed by atoms with Gasteiger partial charge in [-0.3, -0.25) is 29.2 Å². The van der Waals surface area contributed by atoms with Gasteiger partial charge < -0.3 is 55.7 Å². The lowest BCUT2D eigenvalue weighted by molar-refractivity contribution is -0.136. The lowest BCUT2D eigenvalue weighted by Gasteiger charge is -2.33. The zero-order valence-electron chi connectivity index (χ0n) is 30.2. The summed E-state index contributed by atoms with van der Waals surface area (Å²) >= 11 is 0. The van der Waals surface area contributed by atoms with Gasteiger partial charge in [0.15, 0.2) is 17.9 Å². The van der Waals surface area contributed by atoms with Crippen molar-refractivity contribution in [1.82, 2.24) is 21.3 Å². The molecule has 0 saturated carbocycles. The van der Waals surface area contributed by atoms with Gasteiger partial charge in [0.05, 0.1) is 13.0 Å². The van der Waals surface area contributed by atoms with Crippen molar-refractivity contribution in [3.8, 4) is 0 Å². The molecule has 2 aromatic rings. The highest BCUT2D eigenvalue weighted by atomic mass is 16.2. The molecular formula is C35H55N13O4. The molecule has 52 heavy (non-hydrogen) atoms. The van der Waals surface area contributed by atoms with Crippen LogP contribution in [-0.2, 0) is 38.7 Å². The molecule has 0 bridgehead atoms. The zero-order valence-corrected chi connectivity index (χ0v) is 30.2. The fourth-order valence-electron chi connectivity index (χ4n) is 5.00. The Morgan fingerprint density at radius 3 is 1.65 bits per heavy atom. The lowest BCUT2D eigenvalue weighted by Crippen LogP contribution is -2.60. The maximum atomic E-state index is 13.9. The summed E-state index contributed by atoms with van der Waals surface area (Å²) in [6.07, 6.45) is 1.16. The number of guanidine groups is 3. The topological polar surface area (TPSA) is 310 Å². The van der Waals surface area contributed by atoms with E-state index in [-0.39, 0.29) is 56.8 Å². The molecule has 284 valence electrons. The van der Waals surface area contributed by atoms with Gasteiger partial charge in [-0.2, -0.15) is 0 Å². The Bertz CT molecular complexity index is 1540. The van der Waals surface area contributed by atoms with Gasteiger partial charge in [0.25, 0.3) is 0 Å². The van der Waals surface area contributed by atoms with E-state index in [0.717, 1.165) is 11.1 Å². The number of hydrogen-bond acceptors (Lipinski definition) is 7. The maximum Gasteiger partial charge on any atom is 0.243 e. The fraction of sp³-hybridized carbons (Fsp3) is 0.457. The maximum absolute atomic E-state index is 13.9. The molecule has 17 nitrogen and oxygen atoms in total. The van der Waals surface area contributed by atoms with Gasteiger partial charge in [0, 0.05) is 19.6 Å². The van der Waals surface area contributed by atoms with Crippen molar-refractivity contribution in [1.29, 1.82) is 0 Å². The van der Waals surface area contributed by atoms with Gasteiger partial charge in [-0.1, -0.05) is 75.4 Å². The van der Waals surface area contributed by atoms with E-state index < -0.39 is 47.2 Å². The first-order valence-corrected chi connectivity index (χ1v) is 17.0. The Balaban J connectivity index is 2.22. The van der Waals surface area contributed by atoms with Crippen molar-refractivity contribution in [3.05, 3.63) is 71.3 Å². The van der Waals surface area contributed by atoms with E-state index >= 15 is 0 Å². The summed E-state index contributed by atoms with van der Waals surface area (Å²) in [7, 11) is 0. The van der Waals surface area contributed by atoms with Gasteiger partial charge in [-0.25, -0.2) is 4.99 Å². The molecule has 0 spiro atoms. The average molecular weight is 722 g/mol. The normalized spacial score (nSPS) is 12.6. The van der Waals surface area contributed by atoms with E-state index in [2.05, 4.69) is 36.2 Å². The third kappa shape index (κ3) is 16.7. The first kappa shape index (κ1) is 42.3. The van der Waals surface area contributed by atoms with Gasteiger partial charge >= 0.3 is 0 Å². The second kappa shape index (κ2) is 21.4. The van der Waals surface area contributed by atoms with Gasteiger partial charge in [-0.15, -0.1) is 0 Å². The van der Waals surface area contributed by atoms with Crippen LogP contribution in [0, 0.1) is 5.41 Å². The van der Waals surface area contributed by atoms with E-state index in [4.69, 9.17) is 34.4 Å². The number of carbonyl (C=O) groups excluding carboxylic acids is 4. The Morgan fingerprint density at radius 2 is 1.13 bits per heavy atom. The molecule has 0 heterocycles. The quantitative estimate of drug-likeness (QED) is 0.0448. The molecule has 0 aromatic heterocycles. The van der Waals surface area contributed by atoms with Crippen molar-refractivity contribution < 1.29 is 19.2 Å². The van der Waals surface area contributed by atoms with Crippen LogP contribution in [0.5, 0.6) is 0 Å². The molecule has 0 saturated heterocycles. The highest BCUT2D eigenvalue weighted by Crippen LogP contribution is 2.20. The van der Waals surface area contributed by atoms with Gasteiger partial charge in [0.1, 0.15) is 18.1 Å². The Morgan fingerprint density at radius 1 is 0.615 bits per heavy atom. The number of nitrogens with one attached hydrogen (secondary N) is 4. The Labute approximate surface area is 304 Å². The molecule has 0 unspecified atom stereocenters. The minimum atomic E-state index is -1.09. The van der Waals surface area contributed by atoms with Gasteiger partial charge in [0.2, 0.25) is 23.6 Å². The molecule has 0 radical (unpaired) electrons. The first-order chi connectivity index (χ1) is 24.5. The number of amides is 4. The monoisotopic (exact) mass is 721 g/mol. The van der Waals surface area contributed by atoms with Crippen LogP contribution in [-0.4, -0.2) is 72.7 Å². The molecule has 17 heteroatoms. The van der Waals surface area contributed by atoms with Crippen LogP contribution in [0.25, 0.3) is 0 Å². The molecule has 2 rings (SSSR count). The van der Waals surface area contributed by atoms with Gasteiger partial charge in [-0.05, 0) is 47.8 Å². The number of aliphatic imine (C=N–C) groups is 3. The van der Waals surface area contributed by atoms with Crippen LogP contribution in [0.4, 0.5) is 0 Å². The largest absolute Gasteiger partial charge is 0.370 e. The van der Waals surface area contributed by atoms with Crippen molar-refractivity contribution >= 4 is 41.5 Å². The van der Waals surface area contributed by atoms with Crippen LogP contribution < -0.4 is 55.7 Å². The van der Waals surface area contributed by atoms with E-state index in [9.17, 15) is 19.2 Å².